The molecular formula is C24H23Cl2N7O. The highest BCUT2D eigenvalue weighted by atomic mass is 35.5. The van der Waals surface area contributed by atoms with Gasteiger partial charge in [0, 0.05) is 27.8 Å². The molecule has 2 N–H and O–H groups in total. The fraction of sp³-hybridized carbons (Fsp3) is 0.292. The van der Waals surface area contributed by atoms with Crippen LogP contribution in [0.4, 0.5) is 0 Å². The third kappa shape index (κ3) is 4.43. The Morgan fingerprint density at radius 3 is 2.47 bits per heavy atom. The normalized spacial score (nSPS) is 14.3. The average molecular weight is 496 g/mol. The van der Waals surface area contributed by atoms with Crippen molar-refractivity contribution in [3.8, 4) is 28.3 Å². The maximum atomic E-state index is 13.2. The second kappa shape index (κ2) is 9.56. The first-order chi connectivity index (χ1) is 16.5. The van der Waals surface area contributed by atoms with Gasteiger partial charge in [0.15, 0.2) is 11.5 Å². The number of benzene rings is 2. The Bertz CT molecular complexity index is 1310. The van der Waals surface area contributed by atoms with Crippen molar-refractivity contribution in [3.05, 3.63) is 63.8 Å². The lowest BCUT2D eigenvalue weighted by Gasteiger charge is -2.22. The van der Waals surface area contributed by atoms with Crippen LogP contribution in [0, 0.1) is 6.92 Å². The van der Waals surface area contributed by atoms with Crippen LogP contribution in [0.2, 0.25) is 10.0 Å². The Morgan fingerprint density at radius 1 is 1.06 bits per heavy atom. The maximum Gasteiger partial charge on any atom is 0.272 e. The Morgan fingerprint density at radius 2 is 1.79 bits per heavy atom. The molecule has 8 nitrogen and oxygen atoms in total. The Labute approximate surface area is 206 Å². The lowest BCUT2D eigenvalue weighted by atomic mass is 9.95. The molecule has 0 bridgehead atoms. The molecule has 0 saturated heterocycles. The lowest BCUT2D eigenvalue weighted by Crippen LogP contribution is -2.36. The van der Waals surface area contributed by atoms with Gasteiger partial charge in [-0.15, -0.1) is 5.10 Å². The van der Waals surface area contributed by atoms with E-state index < -0.39 is 0 Å². The quantitative estimate of drug-likeness (QED) is 0.386. The van der Waals surface area contributed by atoms with Crippen LogP contribution in [0.25, 0.3) is 28.3 Å². The molecular weight excluding hydrogens is 473 g/mol. The predicted octanol–water partition coefficient (Wildman–Crippen LogP) is 5.40. The minimum absolute atomic E-state index is 0.168. The van der Waals surface area contributed by atoms with E-state index in [1.54, 1.807) is 22.9 Å². The van der Waals surface area contributed by atoms with Gasteiger partial charge < -0.3 is 5.32 Å². The first kappa shape index (κ1) is 22.6. The lowest BCUT2D eigenvalue weighted by molar-refractivity contribution is 0.0921. The molecule has 1 fully saturated rings. The fourth-order valence-corrected chi connectivity index (χ4v) is 4.93. The van der Waals surface area contributed by atoms with Crippen molar-refractivity contribution < 1.29 is 4.79 Å². The number of aromatic amines is 1. The molecule has 0 atom stereocenters. The van der Waals surface area contributed by atoms with Crippen LogP contribution < -0.4 is 5.32 Å². The summed E-state index contributed by atoms with van der Waals surface area (Å²) in [5.41, 5.74) is 4.30. The summed E-state index contributed by atoms with van der Waals surface area (Å²) < 4.78 is 1.72. The van der Waals surface area contributed by atoms with E-state index in [-0.39, 0.29) is 11.9 Å². The Balaban J connectivity index is 1.58. The van der Waals surface area contributed by atoms with Crippen LogP contribution in [0.15, 0.2) is 42.5 Å². The topological polar surface area (TPSA) is 101 Å². The van der Waals surface area contributed by atoms with Gasteiger partial charge in [-0.3, -0.25) is 4.79 Å². The second-order valence-electron chi connectivity index (χ2n) is 8.47. The summed E-state index contributed by atoms with van der Waals surface area (Å²) in [6.07, 6.45) is 5.49. The van der Waals surface area contributed by atoms with E-state index in [1.165, 1.54) is 6.42 Å². The first-order valence-corrected chi connectivity index (χ1v) is 12.0. The van der Waals surface area contributed by atoms with Gasteiger partial charge in [-0.05, 0) is 48.4 Å². The highest BCUT2D eigenvalue weighted by molar-refractivity contribution is 6.35. The van der Waals surface area contributed by atoms with Crippen molar-refractivity contribution in [2.45, 2.75) is 45.1 Å². The highest BCUT2D eigenvalue weighted by Gasteiger charge is 2.25. The van der Waals surface area contributed by atoms with Gasteiger partial charge in [-0.2, -0.15) is 5.10 Å². The zero-order valence-electron chi connectivity index (χ0n) is 18.6. The molecule has 1 aliphatic carbocycles. The molecule has 1 amide bonds. The van der Waals surface area contributed by atoms with Crippen molar-refractivity contribution in [2.24, 2.45) is 0 Å². The van der Waals surface area contributed by atoms with Gasteiger partial charge in [-0.1, -0.05) is 66.7 Å². The van der Waals surface area contributed by atoms with Crippen LogP contribution in [0.1, 0.15) is 48.2 Å². The number of aromatic nitrogens is 6. The highest BCUT2D eigenvalue weighted by Crippen LogP contribution is 2.33. The van der Waals surface area contributed by atoms with Gasteiger partial charge in [0.05, 0.1) is 16.4 Å². The second-order valence-corrected chi connectivity index (χ2v) is 9.31. The number of hydrogen-bond acceptors (Lipinski definition) is 5. The van der Waals surface area contributed by atoms with E-state index in [9.17, 15) is 4.79 Å². The summed E-state index contributed by atoms with van der Waals surface area (Å²) in [5, 5.41) is 22.8. The zero-order chi connectivity index (χ0) is 23.7. The van der Waals surface area contributed by atoms with Crippen molar-refractivity contribution in [1.82, 2.24) is 35.7 Å². The molecule has 0 spiro atoms. The maximum absolute atomic E-state index is 13.2. The molecule has 174 valence electrons. The monoisotopic (exact) mass is 495 g/mol. The van der Waals surface area contributed by atoms with E-state index in [2.05, 4.69) is 25.9 Å². The van der Waals surface area contributed by atoms with Gasteiger partial charge in [-0.25, -0.2) is 9.78 Å². The third-order valence-electron chi connectivity index (χ3n) is 6.19. The van der Waals surface area contributed by atoms with E-state index in [1.807, 2.05) is 31.2 Å². The number of halogens is 2. The predicted molar refractivity (Wildman–Crippen MR) is 131 cm³/mol. The molecule has 0 aliphatic heterocycles. The van der Waals surface area contributed by atoms with Crippen LogP contribution >= 0.6 is 23.2 Å². The van der Waals surface area contributed by atoms with Crippen molar-refractivity contribution in [1.29, 1.82) is 0 Å². The van der Waals surface area contributed by atoms with Crippen LogP contribution in [0.3, 0.4) is 0 Å². The van der Waals surface area contributed by atoms with Crippen molar-refractivity contribution in [2.75, 3.05) is 0 Å². The Kier molecular flexibility index (Phi) is 6.34. The van der Waals surface area contributed by atoms with Crippen LogP contribution in [-0.2, 0) is 0 Å². The van der Waals surface area contributed by atoms with E-state index in [0.717, 1.165) is 48.1 Å². The number of amides is 1. The summed E-state index contributed by atoms with van der Waals surface area (Å²) in [4.78, 5) is 13.2. The Hall–Kier alpha value is -3.23. The molecule has 2 aromatic heterocycles. The van der Waals surface area contributed by atoms with E-state index >= 15 is 0 Å². The number of H-pyrrole nitrogens is 1. The van der Waals surface area contributed by atoms with Gasteiger partial charge >= 0.3 is 0 Å². The number of carbonyl (C=O) groups is 1. The van der Waals surface area contributed by atoms with Crippen LogP contribution in [0.5, 0.6) is 0 Å². The zero-order valence-corrected chi connectivity index (χ0v) is 20.1. The largest absolute Gasteiger partial charge is 0.348 e. The smallest absolute Gasteiger partial charge is 0.272 e. The summed E-state index contributed by atoms with van der Waals surface area (Å²) >= 11 is 12.7. The first-order valence-electron chi connectivity index (χ1n) is 11.2. The molecule has 1 aliphatic rings. The standard InChI is InChI=1S/C24H23Cl2N7O/c1-14-21(24(34)27-18-5-3-2-4-6-18)30-33(20-12-11-17(25)13-19(20)26)22(14)15-7-9-16(10-8-15)23-28-31-32-29-23/h7-13,18H,2-6H2,1H3,(H,27,34)(H,28,29,31,32). The van der Waals surface area contributed by atoms with E-state index in [4.69, 9.17) is 28.3 Å². The molecule has 0 radical (unpaired) electrons. The van der Waals surface area contributed by atoms with Crippen molar-refractivity contribution >= 4 is 29.1 Å². The summed E-state index contributed by atoms with van der Waals surface area (Å²) in [6.45, 7) is 1.91. The van der Waals surface area contributed by atoms with Gasteiger partial charge in [0.25, 0.3) is 5.91 Å². The SMILES string of the molecule is Cc1c(C(=O)NC2CCCCC2)nn(-c2ccc(Cl)cc2Cl)c1-c1ccc(-c2nnn[nH]2)cc1. The number of carbonyl (C=O) groups excluding carboxylic acids is 1. The minimum atomic E-state index is -0.168. The van der Waals surface area contributed by atoms with E-state index in [0.29, 0.717) is 27.3 Å². The molecule has 2 aromatic carbocycles. The number of rotatable bonds is 5. The molecule has 5 rings (SSSR count). The molecule has 1 saturated carbocycles. The van der Waals surface area contributed by atoms with Gasteiger partial charge in [0.2, 0.25) is 0 Å². The molecule has 4 aromatic rings. The fourth-order valence-electron chi connectivity index (χ4n) is 4.45. The number of nitrogens with one attached hydrogen (secondary N) is 2. The summed E-state index contributed by atoms with van der Waals surface area (Å²) in [6, 6.07) is 13.1. The van der Waals surface area contributed by atoms with Gasteiger partial charge in [0.1, 0.15) is 0 Å². The van der Waals surface area contributed by atoms with Crippen LogP contribution in [-0.4, -0.2) is 42.4 Å². The third-order valence-corrected chi connectivity index (χ3v) is 6.73. The molecule has 10 heteroatoms. The number of hydrogen-bond donors (Lipinski definition) is 2. The number of tetrazole rings is 1. The molecule has 2 heterocycles. The summed E-state index contributed by atoms with van der Waals surface area (Å²) in [5.74, 6) is 0.406. The average Bonchev–Trinajstić information content (AvgIpc) is 3.48. The summed E-state index contributed by atoms with van der Waals surface area (Å²) in [7, 11) is 0. The number of nitrogens with zero attached hydrogens (tertiary/aromatic N) is 5. The minimum Gasteiger partial charge on any atom is -0.348 e. The van der Waals surface area contributed by atoms with Crippen molar-refractivity contribution in [3.63, 3.8) is 0 Å². The molecule has 34 heavy (non-hydrogen) atoms. The molecule has 0 unspecified atom stereocenters.